The Labute approximate surface area is 51.1 Å². The lowest BCUT2D eigenvalue weighted by Crippen LogP contribution is -1.78. The van der Waals surface area contributed by atoms with Crippen LogP contribution in [0.15, 0.2) is 16.8 Å². The largest absolute Gasteiger partial charge is 0.263 e. The molecule has 1 heteroatoms. The van der Waals surface area contributed by atoms with Gasteiger partial charge in [0.15, 0.2) is 0 Å². The van der Waals surface area contributed by atoms with Crippen LogP contribution < -0.4 is 0 Å². The summed E-state index contributed by atoms with van der Waals surface area (Å²) < 4.78 is 0. The zero-order chi connectivity index (χ0) is 5.28. The third-order valence-electron chi connectivity index (χ3n) is 1.06. The van der Waals surface area contributed by atoms with Crippen LogP contribution >= 0.6 is 0 Å². The Hall–Kier alpha value is -0.590. The van der Waals surface area contributed by atoms with Crippen molar-refractivity contribution in [2.24, 2.45) is 4.99 Å². The molecule has 1 heterocycles. The predicted molar refractivity (Wildman–Crippen MR) is 38.2 cm³/mol. The molecule has 0 aromatic carbocycles. The predicted octanol–water partition coefficient (Wildman–Crippen LogP) is 2.39. The highest BCUT2D eigenvalue weighted by atomic mass is 14.8. The minimum Gasteiger partial charge on any atom is -0.263 e. The highest BCUT2D eigenvalue weighted by molar-refractivity contribution is 5.86. The molecule has 0 aliphatic carbocycles. The fraction of sp³-hybridized carbons (Fsp3) is 0.571. The first-order valence-electron chi connectivity index (χ1n) is 2.50. The van der Waals surface area contributed by atoms with E-state index in [1.54, 1.807) is 0 Å². The van der Waals surface area contributed by atoms with E-state index in [1.807, 2.05) is 13.8 Å². The van der Waals surface area contributed by atoms with Crippen molar-refractivity contribution in [2.75, 3.05) is 0 Å². The van der Waals surface area contributed by atoms with Crippen LogP contribution in [0.5, 0.6) is 0 Å². The van der Waals surface area contributed by atoms with E-state index in [4.69, 9.17) is 0 Å². The molecule has 0 fully saturated rings. The van der Waals surface area contributed by atoms with Crippen LogP contribution in [0.25, 0.3) is 0 Å². The van der Waals surface area contributed by atoms with E-state index in [9.17, 15) is 0 Å². The Balaban J connectivity index is 0.000000490. The first-order valence-corrected chi connectivity index (χ1v) is 2.50. The quantitative estimate of drug-likeness (QED) is 0.455. The third-order valence-corrected chi connectivity index (χ3v) is 1.06. The van der Waals surface area contributed by atoms with E-state index < -0.39 is 0 Å². The Morgan fingerprint density at radius 1 is 1.50 bits per heavy atom. The summed E-state index contributed by atoms with van der Waals surface area (Å²) in [7, 11) is 0. The summed E-state index contributed by atoms with van der Waals surface area (Å²) in [6.45, 7) is 4.07. The van der Waals surface area contributed by atoms with Gasteiger partial charge in [0.1, 0.15) is 0 Å². The SMILES string of the molecule is C.CC1=CCC(C)=N1. The Kier molecular flexibility index (Phi) is 2.46. The van der Waals surface area contributed by atoms with Gasteiger partial charge >= 0.3 is 0 Å². The monoisotopic (exact) mass is 111 g/mol. The summed E-state index contributed by atoms with van der Waals surface area (Å²) in [5, 5.41) is 0. The fourth-order valence-electron chi connectivity index (χ4n) is 0.688. The molecule has 0 bridgehead atoms. The number of hydrogen-bond acceptors (Lipinski definition) is 1. The van der Waals surface area contributed by atoms with Crippen LogP contribution in [-0.2, 0) is 0 Å². The maximum absolute atomic E-state index is 4.17. The number of nitrogens with zero attached hydrogens (tertiary/aromatic N) is 1. The van der Waals surface area contributed by atoms with Crippen LogP contribution in [0.3, 0.4) is 0 Å². The Bertz CT molecular complexity index is 131. The van der Waals surface area contributed by atoms with E-state index in [-0.39, 0.29) is 7.43 Å². The van der Waals surface area contributed by atoms with Gasteiger partial charge < -0.3 is 0 Å². The smallest absolute Gasteiger partial charge is 0.0336 e. The molecule has 1 nitrogen and oxygen atoms in total. The first kappa shape index (κ1) is 7.41. The van der Waals surface area contributed by atoms with Crippen LogP contribution in [0.4, 0.5) is 0 Å². The van der Waals surface area contributed by atoms with Crippen LogP contribution in [-0.4, -0.2) is 5.71 Å². The van der Waals surface area contributed by atoms with Crippen molar-refractivity contribution in [2.45, 2.75) is 27.7 Å². The number of rotatable bonds is 0. The molecule has 1 aliphatic rings. The second-order valence-corrected chi connectivity index (χ2v) is 1.90. The summed E-state index contributed by atoms with van der Waals surface area (Å²) in [6, 6.07) is 0. The standard InChI is InChI=1S/C6H9N.CH4/c1-5-3-4-6(2)7-5;/h3H,4H2,1-2H3;1H4. The lowest BCUT2D eigenvalue weighted by atomic mass is 10.3. The van der Waals surface area contributed by atoms with E-state index in [1.165, 1.54) is 5.71 Å². The highest BCUT2D eigenvalue weighted by Gasteiger charge is 1.95. The molecule has 0 saturated heterocycles. The molecule has 0 atom stereocenters. The van der Waals surface area contributed by atoms with Crippen LogP contribution in [0.1, 0.15) is 27.7 Å². The molecule has 1 aliphatic heterocycles. The van der Waals surface area contributed by atoms with Crippen molar-refractivity contribution < 1.29 is 0 Å². The summed E-state index contributed by atoms with van der Waals surface area (Å²) in [5.41, 5.74) is 2.40. The molecule has 0 aromatic rings. The second kappa shape index (κ2) is 2.65. The zero-order valence-electron chi connectivity index (χ0n) is 4.73. The van der Waals surface area contributed by atoms with E-state index in [2.05, 4.69) is 11.1 Å². The Morgan fingerprint density at radius 3 is 2.25 bits per heavy atom. The number of allylic oxidation sites excluding steroid dienone is 2. The van der Waals surface area contributed by atoms with Crippen molar-refractivity contribution >= 4 is 5.71 Å². The van der Waals surface area contributed by atoms with Gasteiger partial charge in [-0.3, -0.25) is 4.99 Å². The summed E-state index contributed by atoms with van der Waals surface area (Å²) >= 11 is 0. The van der Waals surface area contributed by atoms with Crippen LogP contribution in [0, 0.1) is 0 Å². The van der Waals surface area contributed by atoms with E-state index >= 15 is 0 Å². The van der Waals surface area contributed by atoms with E-state index in [0.717, 1.165) is 12.1 Å². The average Bonchev–Trinajstić information content (AvgIpc) is 1.87. The van der Waals surface area contributed by atoms with Gasteiger partial charge in [0.25, 0.3) is 0 Å². The van der Waals surface area contributed by atoms with Gasteiger partial charge in [-0.1, -0.05) is 13.5 Å². The van der Waals surface area contributed by atoms with Crippen molar-refractivity contribution in [3.8, 4) is 0 Å². The molecule has 0 N–H and O–H groups in total. The maximum Gasteiger partial charge on any atom is 0.0336 e. The molecule has 0 radical (unpaired) electrons. The summed E-state index contributed by atoms with van der Waals surface area (Å²) in [4.78, 5) is 4.17. The molecule has 0 amide bonds. The average molecular weight is 111 g/mol. The summed E-state index contributed by atoms with van der Waals surface area (Å²) in [5.74, 6) is 0. The normalized spacial score (nSPS) is 16.8. The molecule has 0 spiro atoms. The number of aliphatic imine (C=N–C) groups is 1. The lowest BCUT2D eigenvalue weighted by Gasteiger charge is -1.79. The zero-order valence-corrected chi connectivity index (χ0v) is 4.73. The van der Waals surface area contributed by atoms with Gasteiger partial charge in [-0.2, -0.15) is 0 Å². The summed E-state index contributed by atoms with van der Waals surface area (Å²) in [6.07, 6.45) is 3.20. The molecular weight excluding hydrogens is 98.1 g/mol. The molecule has 8 heavy (non-hydrogen) atoms. The Morgan fingerprint density at radius 2 is 2.12 bits per heavy atom. The molecule has 1 rings (SSSR count). The highest BCUT2D eigenvalue weighted by Crippen LogP contribution is 2.07. The van der Waals surface area contributed by atoms with Gasteiger partial charge in [0.05, 0.1) is 0 Å². The van der Waals surface area contributed by atoms with E-state index in [0.29, 0.717) is 0 Å². The second-order valence-electron chi connectivity index (χ2n) is 1.90. The number of hydrogen-bond donors (Lipinski definition) is 0. The van der Waals surface area contributed by atoms with Crippen molar-refractivity contribution in [3.63, 3.8) is 0 Å². The first-order chi connectivity index (χ1) is 3.29. The van der Waals surface area contributed by atoms with Gasteiger partial charge in [0, 0.05) is 17.8 Å². The maximum atomic E-state index is 4.17. The van der Waals surface area contributed by atoms with Gasteiger partial charge in [-0.05, 0) is 13.8 Å². The topological polar surface area (TPSA) is 12.4 Å². The molecule has 0 saturated carbocycles. The molecule has 0 unspecified atom stereocenters. The minimum absolute atomic E-state index is 0. The lowest BCUT2D eigenvalue weighted by molar-refractivity contribution is 1.33. The van der Waals surface area contributed by atoms with Gasteiger partial charge in [-0.15, -0.1) is 0 Å². The fourth-order valence-corrected chi connectivity index (χ4v) is 0.688. The van der Waals surface area contributed by atoms with Crippen molar-refractivity contribution in [3.05, 3.63) is 11.8 Å². The van der Waals surface area contributed by atoms with Crippen molar-refractivity contribution in [1.82, 2.24) is 0 Å². The van der Waals surface area contributed by atoms with Crippen molar-refractivity contribution in [1.29, 1.82) is 0 Å². The third kappa shape index (κ3) is 1.49. The minimum atomic E-state index is 0. The van der Waals surface area contributed by atoms with Gasteiger partial charge in [0.2, 0.25) is 0 Å². The molecule has 0 aromatic heterocycles. The van der Waals surface area contributed by atoms with Gasteiger partial charge in [-0.25, -0.2) is 0 Å². The molecular formula is C7H13N. The molecule has 46 valence electrons. The van der Waals surface area contributed by atoms with Crippen LogP contribution in [0.2, 0.25) is 0 Å².